The van der Waals surface area contributed by atoms with Gasteiger partial charge in [-0.25, -0.2) is 17.5 Å². The summed E-state index contributed by atoms with van der Waals surface area (Å²) in [7, 11) is -2.97. The van der Waals surface area contributed by atoms with Crippen LogP contribution in [0.2, 0.25) is 0 Å². The van der Waals surface area contributed by atoms with Crippen LogP contribution in [0.1, 0.15) is 6.92 Å². The maximum absolute atomic E-state index is 13.7. The Balaban J connectivity index is 0.00000441. The van der Waals surface area contributed by atoms with E-state index in [1.165, 1.54) is 0 Å². The Kier molecular flexibility index (Phi) is 8.23. The van der Waals surface area contributed by atoms with E-state index < -0.39 is 37.1 Å². The number of nitro benzene ring substituents is 1. The van der Waals surface area contributed by atoms with Crippen molar-refractivity contribution in [1.29, 1.82) is 0 Å². The van der Waals surface area contributed by atoms with Crippen molar-refractivity contribution in [2.75, 3.05) is 26.7 Å². The molecule has 0 radical (unpaired) electrons. The minimum atomic E-state index is -4.03. The molecule has 0 aliphatic rings. The lowest BCUT2D eigenvalue weighted by Gasteiger charge is -2.09. The molecule has 126 valence electrons. The zero-order valence-corrected chi connectivity index (χ0v) is 13.6. The molecule has 0 aliphatic heterocycles. The zero-order chi connectivity index (χ0) is 16.0. The van der Waals surface area contributed by atoms with Gasteiger partial charge in [0.15, 0.2) is 5.82 Å². The van der Waals surface area contributed by atoms with E-state index >= 15 is 0 Å². The molecule has 0 heterocycles. The molecule has 1 aromatic rings. The molecule has 22 heavy (non-hydrogen) atoms. The molecule has 0 aliphatic carbocycles. The number of rotatable bonds is 8. The van der Waals surface area contributed by atoms with Gasteiger partial charge in [-0.3, -0.25) is 10.1 Å². The number of sulfonamides is 1. The minimum Gasteiger partial charge on any atom is -0.488 e. The number of methoxy groups -OCH3 is 1. The second-order valence-electron chi connectivity index (χ2n) is 3.97. The van der Waals surface area contributed by atoms with Gasteiger partial charge in [0.05, 0.1) is 16.9 Å². The van der Waals surface area contributed by atoms with Crippen molar-refractivity contribution in [3.63, 3.8) is 0 Å². The van der Waals surface area contributed by atoms with E-state index in [9.17, 15) is 22.9 Å². The molecule has 0 spiro atoms. The number of ether oxygens (including phenoxy) is 1. The predicted octanol–water partition coefficient (Wildman–Crippen LogP) is 1.05. The number of nitrogens with zero attached hydrogens (tertiary/aromatic N) is 1. The summed E-state index contributed by atoms with van der Waals surface area (Å²) in [6.45, 7) is 3.00. The van der Waals surface area contributed by atoms with Crippen molar-refractivity contribution in [3.8, 4) is 5.75 Å². The van der Waals surface area contributed by atoms with Gasteiger partial charge in [-0.2, -0.15) is 0 Å². The second-order valence-corrected chi connectivity index (χ2v) is 5.73. The molecule has 1 rings (SSSR count). The van der Waals surface area contributed by atoms with E-state index in [0.29, 0.717) is 19.2 Å². The fourth-order valence-corrected chi connectivity index (χ4v) is 2.64. The first-order chi connectivity index (χ1) is 9.83. The smallest absolute Gasteiger partial charge is 0.315 e. The summed E-state index contributed by atoms with van der Waals surface area (Å²) < 4.78 is 44.4. The van der Waals surface area contributed by atoms with E-state index in [0.717, 1.165) is 13.2 Å². The minimum absolute atomic E-state index is 0. The summed E-state index contributed by atoms with van der Waals surface area (Å²) in [5.41, 5.74) is -0.746. The molecular weight excluding hydrogens is 341 g/mol. The Morgan fingerprint density at radius 2 is 2.00 bits per heavy atom. The largest absolute Gasteiger partial charge is 0.488 e. The van der Waals surface area contributed by atoms with Crippen molar-refractivity contribution >= 4 is 28.1 Å². The first-order valence-electron chi connectivity index (χ1n) is 6.05. The van der Waals surface area contributed by atoms with Crippen molar-refractivity contribution in [1.82, 2.24) is 10.0 Å². The van der Waals surface area contributed by atoms with Crippen LogP contribution in [0.25, 0.3) is 0 Å². The molecule has 0 amide bonds. The highest BCUT2D eigenvalue weighted by molar-refractivity contribution is 7.89. The third-order valence-electron chi connectivity index (χ3n) is 2.55. The van der Waals surface area contributed by atoms with Gasteiger partial charge in [-0.15, -0.1) is 12.4 Å². The average Bonchev–Trinajstić information content (AvgIpc) is 2.42. The summed E-state index contributed by atoms with van der Waals surface area (Å²) in [4.78, 5) is 9.42. The van der Waals surface area contributed by atoms with Gasteiger partial charge in [-0.05, 0) is 12.6 Å². The fraction of sp³-hybridized carbons (Fsp3) is 0.455. The molecular formula is C11H17ClFN3O5S. The molecule has 0 fully saturated rings. The summed E-state index contributed by atoms with van der Waals surface area (Å²) in [6, 6.07) is 1.44. The molecule has 1 aromatic carbocycles. The van der Waals surface area contributed by atoms with Gasteiger partial charge < -0.3 is 10.1 Å². The third kappa shape index (κ3) is 5.05. The Hall–Kier alpha value is -1.49. The van der Waals surface area contributed by atoms with Crippen molar-refractivity contribution in [2.45, 2.75) is 11.8 Å². The molecule has 0 bridgehead atoms. The average molecular weight is 358 g/mol. The lowest BCUT2D eigenvalue weighted by Crippen LogP contribution is -2.31. The predicted molar refractivity (Wildman–Crippen MR) is 80.6 cm³/mol. The maximum atomic E-state index is 13.7. The monoisotopic (exact) mass is 357 g/mol. The van der Waals surface area contributed by atoms with Gasteiger partial charge in [0.2, 0.25) is 15.8 Å². The number of hydrogen-bond donors (Lipinski definition) is 2. The van der Waals surface area contributed by atoms with Gasteiger partial charge >= 0.3 is 5.69 Å². The topological polar surface area (TPSA) is 111 Å². The Morgan fingerprint density at radius 1 is 1.36 bits per heavy atom. The van der Waals surface area contributed by atoms with E-state index in [1.54, 1.807) is 0 Å². The van der Waals surface area contributed by atoms with Crippen LogP contribution < -0.4 is 14.8 Å². The Bertz CT molecular complexity index is 626. The van der Waals surface area contributed by atoms with Gasteiger partial charge in [0.25, 0.3) is 0 Å². The van der Waals surface area contributed by atoms with Crippen LogP contribution >= 0.6 is 12.4 Å². The molecule has 2 N–H and O–H groups in total. The number of hydrogen-bond acceptors (Lipinski definition) is 6. The van der Waals surface area contributed by atoms with E-state index in [2.05, 4.69) is 14.8 Å². The van der Waals surface area contributed by atoms with Crippen LogP contribution in [0.3, 0.4) is 0 Å². The lowest BCUT2D eigenvalue weighted by molar-refractivity contribution is -0.386. The number of halogens is 2. The summed E-state index contributed by atoms with van der Waals surface area (Å²) in [5, 5.41) is 13.7. The molecule has 11 heteroatoms. The van der Waals surface area contributed by atoms with E-state index in [-0.39, 0.29) is 19.0 Å². The van der Waals surface area contributed by atoms with Crippen LogP contribution in [0, 0.1) is 15.9 Å². The maximum Gasteiger partial charge on any atom is 0.315 e. The molecule has 0 saturated heterocycles. The first kappa shape index (κ1) is 20.5. The molecule has 0 aromatic heterocycles. The van der Waals surface area contributed by atoms with Crippen molar-refractivity contribution in [3.05, 3.63) is 28.1 Å². The lowest BCUT2D eigenvalue weighted by atomic mass is 10.3. The second kappa shape index (κ2) is 8.83. The van der Waals surface area contributed by atoms with Crippen molar-refractivity contribution < 1.29 is 22.5 Å². The first-order valence-corrected chi connectivity index (χ1v) is 7.54. The Morgan fingerprint density at radius 3 is 2.50 bits per heavy atom. The van der Waals surface area contributed by atoms with Crippen LogP contribution in [-0.2, 0) is 10.0 Å². The fourth-order valence-electron chi connectivity index (χ4n) is 1.58. The van der Waals surface area contributed by atoms with Crippen molar-refractivity contribution in [2.24, 2.45) is 0 Å². The highest BCUT2D eigenvalue weighted by Gasteiger charge is 2.25. The Labute approximate surface area is 133 Å². The number of nitrogens with one attached hydrogen (secondary N) is 2. The summed E-state index contributed by atoms with van der Waals surface area (Å²) in [5.74, 6) is -1.72. The zero-order valence-electron chi connectivity index (χ0n) is 12.0. The molecule has 0 saturated carbocycles. The highest BCUT2D eigenvalue weighted by Crippen LogP contribution is 2.32. The van der Waals surface area contributed by atoms with Gasteiger partial charge in [0.1, 0.15) is 0 Å². The molecule has 8 nitrogen and oxygen atoms in total. The quantitative estimate of drug-likeness (QED) is 0.409. The number of nitro groups is 1. The standard InChI is InChI=1S/C11H16FN3O5S.ClH/c1-3-13-4-5-14-21(18,19)8-6-9(12)11(20-2)10(7-8)15(16)17;/h6-7,13-14H,3-5H2,1-2H3;1H. The SMILES string of the molecule is CCNCCNS(=O)(=O)c1cc(F)c(OC)c([N+](=O)[O-])c1.Cl. The van der Waals surface area contributed by atoms with E-state index in [4.69, 9.17) is 0 Å². The van der Waals surface area contributed by atoms with Crippen LogP contribution in [0.4, 0.5) is 10.1 Å². The normalized spacial score (nSPS) is 10.9. The van der Waals surface area contributed by atoms with E-state index in [1.807, 2.05) is 6.92 Å². The van der Waals surface area contributed by atoms with Crippen LogP contribution in [0.15, 0.2) is 17.0 Å². The van der Waals surface area contributed by atoms with Crippen LogP contribution in [0.5, 0.6) is 5.75 Å². The third-order valence-corrected chi connectivity index (χ3v) is 3.99. The van der Waals surface area contributed by atoms with Gasteiger partial charge in [-0.1, -0.05) is 6.92 Å². The summed E-state index contributed by atoms with van der Waals surface area (Å²) >= 11 is 0. The van der Waals surface area contributed by atoms with Gasteiger partial charge in [0, 0.05) is 19.2 Å². The summed E-state index contributed by atoms with van der Waals surface area (Å²) in [6.07, 6.45) is 0. The number of likely N-dealkylation sites (N-methyl/N-ethyl adjacent to an activating group) is 1. The number of benzene rings is 1. The highest BCUT2D eigenvalue weighted by atomic mass is 35.5. The van der Waals surface area contributed by atoms with Crippen LogP contribution in [-0.4, -0.2) is 40.1 Å². The molecule has 0 unspecified atom stereocenters. The molecule has 0 atom stereocenters.